The van der Waals surface area contributed by atoms with Gasteiger partial charge in [-0.2, -0.15) is 0 Å². The van der Waals surface area contributed by atoms with Gasteiger partial charge in [-0.15, -0.1) is 0 Å². The van der Waals surface area contributed by atoms with Crippen LogP contribution in [0.1, 0.15) is 15.9 Å². The van der Waals surface area contributed by atoms with E-state index in [9.17, 15) is 4.79 Å². The highest BCUT2D eigenvalue weighted by Gasteiger charge is 2.12. The maximum atomic E-state index is 12.5. The summed E-state index contributed by atoms with van der Waals surface area (Å²) < 4.78 is 10.4. The van der Waals surface area contributed by atoms with Gasteiger partial charge < -0.3 is 20.5 Å². The van der Waals surface area contributed by atoms with Crippen LogP contribution in [0.3, 0.4) is 0 Å². The third-order valence-corrected chi connectivity index (χ3v) is 3.16. The van der Waals surface area contributed by atoms with Gasteiger partial charge in [0.1, 0.15) is 0 Å². The summed E-state index contributed by atoms with van der Waals surface area (Å²) >= 11 is 4.76. The van der Waals surface area contributed by atoms with Crippen molar-refractivity contribution in [2.24, 2.45) is 5.73 Å². The number of thiocarbonyl (C=S) groups is 1. The summed E-state index contributed by atoms with van der Waals surface area (Å²) in [5.41, 5.74) is 7.21. The van der Waals surface area contributed by atoms with Gasteiger partial charge in [-0.05, 0) is 54.7 Å². The van der Waals surface area contributed by atoms with Crippen LogP contribution in [0.5, 0.6) is 11.5 Å². The molecular weight excluding hydrogens is 300 g/mol. The molecule has 5 nitrogen and oxygen atoms in total. The van der Waals surface area contributed by atoms with E-state index >= 15 is 0 Å². The molecule has 0 aromatic heterocycles. The predicted octanol–water partition coefficient (Wildman–Crippen LogP) is 2.59. The fourth-order valence-corrected chi connectivity index (χ4v) is 2.11. The Hall–Kier alpha value is -2.60. The van der Waals surface area contributed by atoms with Gasteiger partial charge in [0, 0.05) is 16.8 Å². The fourth-order valence-electron chi connectivity index (χ4n) is 1.99. The number of nitrogens with one attached hydrogen (secondary N) is 1. The molecule has 0 heterocycles. The number of ether oxygens (including phenoxy) is 2. The Morgan fingerprint density at radius 3 is 2.14 bits per heavy atom. The molecule has 0 bridgehead atoms. The molecule has 6 heteroatoms. The predicted molar refractivity (Wildman–Crippen MR) is 89.8 cm³/mol. The Morgan fingerprint density at radius 2 is 1.59 bits per heavy atom. The van der Waals surface area contributed by atoms with Crippen LogP contribution in [-0.4, -0.2) is 25.1 Å². The summed E-state index contributed by atoms with van der Waals surface area (Å²) in [5.74, 6) is 0.984. The SMILES string of the molecule is COc1ccc(C(=O)c2ccc(NC(N)=S)cc2)cc1OC. The van der Waals surface area contributed by atoms with Crippen molar-refractivity contribution in [3.05, 3.63) is 53.6 Å². The summed E-state index contributed by atoms with van der Waals surface area (Å²) in [6.07, 6.45) is 0. The molecule has 0 unspecified atom stereocenters. The van der Waals surface area contributed by atoms with Crippen LogP contribution < -0.4 is 20.5 Å². The average Bonchev–Trinajstić information content (AvgIpc) is 2.53. The van der Waals surface area contributed by atoms with E-state index in [4.69, 9.17) is 27.4 Å². The summed E-state index contributed by atoms with van der Waals surface area (Å²) in [7, 11) is 3.08. The molecule has 2 rings (SSSR count). The van der Waals surface area contributed by atoms with Gasteiger partial charge in [-0.1, -0.05) is 0 Å². The Bertz CT molecular complexity index is 699. The van der Waals surface area contributed by atoms with E-state index in [0.717, 1.165) is 5.69 Å². The molecule has 0 fully saturated rings. The highest BCUT2D eigenvalue weighted by molar-refractivity contribution is 7.80. The van der Waals surface area contributed by atoms with Gasteiger partial charge in [-0.25, -0.2) is 0 Å². The summed E-state index contributed by atoms with van der Waals surface area (Å²) in [4.78, 5) is 12.5. The van der Waals surface area contributed by atoms with E-state index in [-0.39, 0.29) is 10.9 Å². The number of nitrogens with two attached hydrogens (primary N) is 1. The molecular formula is C16H16N2O3S. The molecule has 2 aromatic carbocycles. The van der Waals surface area contributed by atoms with E-state index in [1.165, 1.54) is 7.11 Å². The average molecular weight is 316 g/mol. The zero-order chi connectivity index (χ0) is 16.1. The van der Waals surface area contributed by atoms with Crippen LogP contribution in [0.15, 0.2) is 42.5 Å². The smallest absolute Gasteiger partial charge is 0.193 e. The first-order valence-corrected chi connectivity index (χ1v) is 6.89. The number of anilines is 1. The topological polar surface area (TPSA) is 73.6 Å². The number of hydrogen-bond donors (Lipinski definition) is 2. The first-order chi connectivity index (χ1) is 10.5. The number of methoxy groups -OCH3 is 2. The molecule has 0 aliphatic heterocycles. The molecule has 3 N–H and O–H groups in total. The number of carbonyl (C=O) groups excluding carboxylic acids is 1. The van der Waals surface area contributed by atoms with Crippen molar-refractivity contribution in [3.8, 4) is 11.5 Å². The zero-order valence-corrected chi connectivity index (χ0v) is 13.1. The summed E-state index contributed by atoms with van der Waals surface area (Å²) in [5, 5.41) is 2.98. The molecule has 114 valence electrons. The highest BCUT2D eigenvalue weighted by atomic mass is 32.1. The number of hydrogen-bond acceptors (Lipinski definition) is 4. The van der Waals surface area contributed by atoms with Crippen molar-refractivity contribution in [2.45, 2.75) is 0 Å². The lowest BCUT2D eigenvalue weighted by Crippen LogP contribution is -2.18. The molecule has 0 saturated heterocycles. The summed E-state index contributed by atoms with van der Waals surface area (Å²) in [6.45, 7) is 0. The van der Waals surface area contributed by atoms with Crippen LogP contribution in [0, 0.1) is 0 Å². The maximum absolute atomic E-state index is 12.5. The quantitative estimate of drug-likeness (QED) is 0.652. The van der Waals surface area contributed by atoms with E-state index in [0.29, 0.717) is 22.6 Å². The second-order valence-corrected chi connectivity index (χ2v) is 4.91. The van der Waals surface area contributed by atoms with Crippen molar-refractivity contribution < 1.29 is 14.3 Å². The van der Waals surface area contributed by atoms with Gasteiger partial charge in [0.2, 0.25) is 0 Å². The lowest BCUT2D eigenvalue weighted by molar-refractivity contribution is 0.103. The van der Waals surface area contributed by atoms with Gasteiger partial charge in [0.15, 0.2) is 22.4 Å². The third-order valence-electron chi connectivity index (χ3n) is 3.06. The number of benzene rings is 2. The monoisotopic (exact) mass is 316 g/mol. The molecule has 0 spiro atoms. The van der Waals surface area contributed by atoms with Crippen molar-refractivity contribution >= 4 is 28.8 Å². The standard InChI is InChI=1S/C16H16N2O3S/c1-20-13-8-5-11(9-14(13)21-2)15(19)10-3-6-12(7-4-10)18-16(17)22/h3-9H,1-2H3,(H3,17,18,22). The van der Waals surface area contributed by atoms with Gasteiger partial charge in [-0.3, -0.25) is 4.79 Å². The number of rotatable bonds is 5. The van der Waals surface area contributed by atoms with E-state index in [2.05, 4.69) is 5.32 Å². The third kappa shape index (κ3) is 3.53. The molecule has 22 heavy (non-hydrogen) atoms. The zero-order valence-electron chi connectivity index (χ0n) is 12.3. The Kier molecular flexibility index (Phi) is 4.95. The van der Waals surface area contributed by atoms with E-state index in [1.54, 1.807) is 49.6 Å². The maximum Gasteiger partial charge on any atom is 0.193 e. The molecule has 0 atom stereocenters. The minimum atomic E-state index is -0.108. The van der Waals surface area contributed by atoms with Crippen molar-refractivity contribution in [1.29, 1.82) is 0 Å². The second kappa shape index (κ2) is 6.91. The van der Waals surface area contributed by atoms with Crippen LogP contribution in [0.4, 0.5) is 5.69 Å². The Labute approximate surface area is 134 Å². The molecule has 0 amide bonds. The Balaban J connectivity index is 2.26. The minimum Gasteiger partial charge on any atom is -0.493 e. The molecule has 0 radical (unpaired) electrons. The van der Waals surface area contributed by atoms with Gasteiger partial charge in [0.25, 0.3) is 0 Å². The Morgan fingerprint density at radius 1 is 1.00 bits per heavy atom. The van der Waals surface area contributed by atoms with Crippen molar-refractivity contribution in [1.82, 2.24) is 0 Å². The normalized spacial score (nSPS) is 9.91. The number of ketones is 1. The first-order valence-electron chi connectivity index (χ1n) is 6.48. The molecule has 0 aliphatic rings. The minimum absolute atomic E-state index is 0.108. The van der Waals surface area contributed by atoms with Crippen LogP contribution >= 0.6 is 12.2 Å². The highest BCUT2D eigenvalue weighted by Crippen LogP contribution is 2.28. The second-order valence-electron chi connectivity index (χ2n) is 4.47. The molecule has 2 aromatic rings. The molecule has 0 aliphatic carbocycles. The lowest BCUT2D eigenvalue weighted by Gasteiger charge is -2.09. The molecule has 0 saturated carbocycles. The van der Waals surface area contributed by atoms with E-state index < -0.39 is 0 Å². The van der Waals surface area contributed by atoms with Crippen LogP contribution in [0.25, 0.3) is 0 Å². The number of carbonyl (C=O) groups is 1. The van der Waals surface area contributed by atoms with Gasteiger partial charge in [0.05, 0.1) is 14.2 Å². The van der Waals surface area contributed by atoms with Crippen molar-refractivity contribution in [3.63, 3.8) is 0 Å². The lowest BCUT2D eigenvalue weighted by atomic mass is 10.0. The van der Waals surface area contributed by atoms with Crippen molar-refractivity contribution in [2.75, 3.05) is 19.5 Å². The van der Waals surface area contributed by atoms with Gasteiger partial charge >= 0.3 is 0 Å². The fraction of sp³-hybridized carbons (Fsp3) is 0.125. The van der Waals surface area contributed by atoms with Crippen LogP contribution in [-0.2, 0) is 0 Å². The largest absolute Gasteiger partial charge is 0.493 e. The van der Waals surface area contributed by atoms with E-state index in [1.807, 2.05) is 0 Å². The van der Waals surface area contributed by atoms with Crippen LogP contribution in [0.2, 0.25) is 0 Å². The summed E-state index contributed by atoms with van der Waals surface area (Å²) in [6, 6.07) is 12.0. The first kappa shape index (κ1) is 15.8.